The maximum absolute atomic E-state index is 12.6. The first-order valence-electron chi connectivity index (χ1n) is 11.5. The van der Waals surface area contributed by atoms with Crippen molar-refractivity contribution in [1.82, 2.24) is 4.90 Å². The Morgan fingerprint density at radius 1 is 0.906 bits per heavy atom. The molecule has 2 aliphatic heterocycles. The number of benzene rings is 2. The second kappa shape index (κ2) is 8.82. The van der Waals surface area contributed by atoms with E-state index in [1.165, 1.54) is 0 Å². The van der Waals surface area contributed by atoms with Crippen molar-refractivity contribution in [2.24, 2.45) is 5.92 Å². The lowest BCUT2D eigenvalue weighted by Crippen LogP contribution is -2.41. The van der Waals surface area contributed by atoms with Crippen LogP contribution < -0.4 is 20.1 Å². The fourth-order valence-electron chi connectivity index (χ4n) is 4.81. The number of amides is 2. The Kier molecular flexibility index (Phi) is 5.74. The van der Waals surface area contributed by atoms with Crippen molar-refractivity contribution in [3.8, 4) is 11.5 Å². The Hall–Kier alpha value is -3.06. The Morgan fingerprint density at radius 3 is 2.38 bits per heavy atom. The molecule has 3 aliphatic rings. The van der Waals surface area contributed by atoms with E-state index >= 15 is 0 Å². The van der Waals surface area contributed by atoms with E-state index in [0.717, 1.165) is 63.1 Å². The Morgan fingerprint density at radius 2 is 1.62 bits per heavy atom. The average Bonchev–Trinajstić information content (AvgIpc) is 3.40. The summed E-state index contributed by atoms with van der Waals surface area (Å²) in [5, 5.41) is 5.95. The first-order chi connectivity index (χ1) is 15.6. The number of nitrogens with zero attached hydrogens (tertiary/aromatic N) is 1. The van der Waals surface area contributed by atoms with Gasteiger partial charge in [-0.2, -0.15) is 0 Å². The van der Waals surface area contributed by atoms with Crippen molar-refractivity contribution >= 4 is 23.2 Å². The molecular weight excluding hydrogens is 406 g/mol. The predicted octanol–water partition coefficient (Wildman–Crippen LogP) is 4.02. The maximum Gasteiger partial charge on any atom is 0.251 e. The van der Waals surface area contributed by atoms with Crippen molar-refractivity contribution < 1.29 is 19.1 Å². The summed E-state index contributed by atoms with van der Waals surface area (Å²) in [7, 11) is 0. The van der Waals surface area contributed by atoms with Crippen LogP contribution in [0.25, 0.3) is 0 Å². The highest BCUT2D eigenvalue weighted by atomic mass is 16.7. The SMILES string of the molecule is O=C(CN1CCC(C(=O)Nc2ccccc2)CC1)Nc1ccc2c(c1)OC1(CCCC1)O2. The molecule has 2 N–H and O–H groups in total. The molecule has 168 valence electrons. The van der Waals surface area contributed by atoms with Crippen LogP contribution in [0.15, 0.2) is 48.5 Å². The van der Waals surface area contributed by atoms with Crippen LogP contribution in [-0.2, 0) is 9.59 Å². The number of para-hydroxylation sites is 1. The van der Waals surface area contributed by atoms with Gasteiger partial charge in [-0.3, -0.25) is 14.5 Å². The fourth-order valence-corrected chi connectivity index (χ4v) is 4.81. The second-order valence-electron chi connectivity index (χ2n) is 8.94. The van der Waals surface area contributed by atoms with Gasteiger partial charge in [-0.25, -0.2) is 0 Å². The molecule has 2 aromatic carbocycles. The van der Waals surface area contributed by atoms with E-state index < -0.39 is 5.79 Å². The number of anilines is 2. The van der Waals surface area contributed by atoms with Crippen LogP contribution >= 0.6 is 0 Å². The van der Waals surface area contributed by atoms with Crippen molar-refractivity contribution in [3.63, 3.8) is 0 Å². The van der Waals surface area contributed by atoms with Gasteiger partial charge in [-0.15, -0.1) is 0 Å². The number of hydrogen-bond donors (Lipinski definition) is 2. The smallest absolute Gasteiger partial charge is 0.251 e. The third-order valence-electron chi connectivity index (χ3n) is 6.55. The monoisotopic (exact) mass is 435 g/mol. The number of carbonyl (C=O) groups is 2. The first-order valence-corrected chi connectivity index (χ1v) is 11.5. The number of rotatable bonds is 5. The molecule has 1 spiro atoms. The molecule has 2 heterocycles. The minimum atomic E-state index is -0.498. The maximum atomic E-state index is 12.6. The molecule has 7 nitrogen and oxygen atoms in total. The molecule has 7 heteroatoms. The quantitative estimate of drug-likeness (QED) is 0.742. The third kappa shape index (κ3) is 4.58. The molecule has 0 atom stereocenters. The van der Waals surface area contributed by atoms with Crippen LogP contribution in [0.1, 0.15) is 38.5 Å². The third-order valence-corrected chi connectivity index (χ3v) is 6.55. The Bertz CT molecular complexity index is 980. The highest BCUT2D eigenvalue weighted by Crippen LogP contribution is 2.47. The largest absolute Gasteiger partial charge is 0.448 e. The summed E-state index contributed by atoms with van der Waals surface area (Å²) in [6.45, 7) is 1.76. The Labute approximate surface area is 188 Å². The molecule has 1 saturated heterocycles. The summed E-state index contributed by atoms with van der Waals surface area (Å²) < 4.78 is 12.1. The van der Waals surface area contributed by atoms with E-state index in [9.17, 15) is 9.59 Å². The summed E-state index contributed by atoms with van der Waals surface area (Å²) in [6.07, 6.45) is 5.53. The van der Waals surface area contributed by atoms with Crippen molar-refractivity contribution in [2.75, 3.05) is 30.3 Å². The molecule has 1 aliphatic carbocycles. The van der Waals surface area contributed by atoms with E-state index in [2.05, 4.69) is 15.5 Å². The number of ether oxygens (including phenoxy) is 2. The van der Waals surface area contributed by atoms with Crippen LogP contribution in [0, 0.1) is 5.92 Å². The van der Waals surface area contributed by atoms with Crippen molar-refractivity contribution in [1.29, 1.82) is 0 Å². The van der Waals surface area contributed by atoms with E-state index in [1.54, 1.807) is 0 Å². The number of likely N-dealkylation sites (tertiary alicyclic amines) is 1. The van der Waals surface area contributed by atoms with Crippen LogP contribution in [0.5, 0.6) is 11.5 Å². The topological polar surface area (TPSA) is 79.9 Å². The minimum Gasteiger partial charge on any atom is -0.448 e. The highest BCUT2D eigenvalue weighted by molar-refractivity contribution is 5.93. The predicted molar refractivity (Wildman–Crippen MR) is 122 cm³/mol. The van der Waals surface area contributed by atoms with Gasteiger partial charge in [0.2, 0.25) is 11.8 Å². The van der Waals surface area contributed by atoms with Crippen LogP contribution in [0.3, 0.4) is 0 Å². The lowest BCUT2D eigenvalue weighted by molar-refractivity contribution is -0.121. The van der Waals surface area contributed by atoms with Gasteiger partial charge >= 0.3 is 0 Å². The van der Waals surface area contributed by atoms with E-state index in [4.69, 9.17) is 9.47 Å². The molecule has 5 rings (SSSR count). The van der Waals surface area contributed by atoms with Gasteiger partial charge in [0.25, 0.3) is 5.79 Å². The number of hydrogen-bond acceptors (Lipinski definition) is 5. The molecule has 2 fully saturated rings. The molecule has 2 amide bonds. The van der Waals surface area contributed by atoms with Gasteiger partial charge in [0.15, 0.2) is 11.5 Å². The number of fused-ring (bicyclic) bond motifs is 1. The summed E-state index contributed by atoms with van der Waals surface area (Å²) >= 11 is 0. The van der Waals surface area contributed by atoms with E-state index in [1.807, 2.05) is 48.5 Å². The zero-order chi connectivity index (χ0) is 22.0. The summed E-state index contributed by atoms with van der Waals surface area (Å²) in [4.78, 5) is 27.2. The number of piperidine rings is 1. The molecule has 1 saturated carbocycles. The lowest BCUT2D eigenvalue weighted by Gasteiger charge is -2.30. The second-order valence-corrected chi connectivity index (χ2v) is 8.94. The first kappa shape index (κ1) is 20.8. The number of carbonyl (C=O) groups excluding carboxylic acids is 2. The van der Waals surface area contributed by atoms with Crippen molar-refractivity contribution in [2.45, 2.75) is 44.3 Å². The highest BCUT2D eigenvalue weighted by Gasteiger charge is 2.44. The van der Waals surface area contributed by atoms with Crippen LogP contribution in [0.4, 0.5) is 11.4 Å². The lowest BCUT2D eigenvalue weighted by atomic mass is 9.96. The summed E-state index contributed by atoms with van der Waals surface area (Å²) in [5.41, 5.74) is 1.53. The van der Waals surface area contributed by atoms with Gasteiger partial charge < -0.3 is 20.1 Å². The van der Waals surface area contributed by atoms with E-state index in [-0.39, 0.29) is 17.7 Å². The van der Waals surface area contributed by atoms with Crippen molar-refractivity contribution in [3.05, 3.63) is 48.5 Å². The van der Waals surface area contributed by atoms with Gasteiger partial charge in [-0.05, 0) is 63.0 Å². The van der Waals surface area contributed by atoms with Crippen LogP contribution in [0.2, 0.25) is 0 Å². The molecule has 0 aromatic heterocycles. The molecule has 32 heavy (non-hydrogen) atoms. The minimum absolute atomic E-state index is 0.0220. The molecular formula is C25H29N3O4. The Balaban J connectivity index is 1.09. The zero-order valence-electron chi connectivity index (χ0n) is 18.1. The van der Waals surface area contributed by atoms with E-state index in [0.29, 0.717) is 18.0 Å². The number of nitrogens with one attached hydrogen (secondary N) is 2. The normalized spacial score (nSPS) is 19.8. The van der Waals surface area contributed by atoms with Gasteiger partial charge in [0.1, 0.15) is 0 Å². The standard InChI is InChI=1S/C25H29N3O4/c29-23(26-20-8-9-21-22(16-20)32-25(31-21)12-4-5-13-25)17-28-14-10-18(11-15-28)24(30)27-19-6-2-1-3-7-19/h1-3,6-9,16,18H,4-5,10-15,17H2,(H,26,29)(H,27,30). The van der Waals surface area contributed by atoms with Crippen LogP contribution in [-0.4, -0.2) is 42.1 Å². The molecule has 0 unspecified atom stereocenters. The van der Waals surface area contributed by atoms with Gasteiger partial charge in [0, 0.05) is 36.2 Å². The summed E-state index contributed by atoms with van der Waals surface area (Å²) in [5.74, 6) is 0.927. The van der Waals surface area contributed by atoms with Gasteiger partial charge in [0.05, 0.1) is 6.54 Å². The molecule has 2 aromatic rings. The zero-order valence-corrected chi connectivity index (χ0v) is 18.1. The average molecular weight is 436 g/mol. The van der Waals surface area contributed by atoms with Gasteiger partial charge in [-0.1, -0.05) is 18.2 Å². The summed E-state index contributed by atoms with van der Waals surface area (Å²) in [6, 6.07) is 15.1. The molecule has 0 radical (unpaired) electrons. The molecule has 0 bridgehead atoms. The fraction of sp³-hybridized carbons (Fsp3) is 0.440.